The van der Waals surface area contributed by atoms with Gasteiger partial charge in [-0.3, -0.25) is 0 Å². The fourth-order valence-corrected chi connectivity index (χ4v) is 5.55. The zero-order valence-electron chi connectivity index (χ0n) is 22.6. The fraction of sp³-hybridized carbons (Fsp3) is 0.0588. The molecule has 2 aliphatic heterocycles. The van der Waals surface area contributed by atoms with E-state index < -0.39 is 29.2 Å². The van der Waals surface area contributed by atoms with Gasteiger partial charge in [0.2, 0.25) is 0 Å². The summed E-state index contributed by atoms with van der Waals surface area (Å²) in [6.45, 7) is 0. The summed E-state index contributed by atoms with van der Waals surface area (Å²) in [6.07, 6.45) is -4.17. The molecule has 0 amide bonds. The molecule has 0 atom stereocenters. The molecule has 5 aromatic rings. The summed E-state index contributed by atoms with van der Waals surface area (Å²) >= 11 is 0. The lowest BCUT2D eigenvalue weighted by molar-refractivity contribution is -0.138. The topological polar surface area (TPSA) is 57.4 Å². The number of H-pyrrole nitrogens is 2. The second-order valence-electron chi connectivity index (χ2n) is 10.3. The van der Waals surface area contributed by atoms with Crippen molar-refractivity contribution in [2.45, 2.75) is 12.4 Å². The van der Waals surface area contributed by atoms with Crippen LogP contribution in [0.15, 0.2) is 84.9 Å². The average Bonchev–Trinajstić information content (AvgIpc) is 3.79. The first kappa shape index (κ1) is 27.5. The van der Waals surface area contributed by atoms with Gasteiger partial charge in [-0.15, -0.1) is 0 Å². The second-order valence-corrected chi connectivity index (χ2v) is 10.3. The predicted molar refractivity (Wildman–Crippen MR) is 160 cm³/mol. The number of nitrogens with one attached hydrogen (secondary N) is 2. The lowest BCUT2D eigenvalue weighted by atomic mass is 10.0. The molecule has 2 N–H and O–H groups in total. The summed E-state index contributed by atoms with van der Waals surface area (Å²) in [5.41, 5.74) is 0.153. The van der Waals surface area contributed by atoms with Gasteiger partial charge in [-0.2, -0.15) is 26.3 Å². The van der Waals surface area contributed by atoms with E-state index in [1.165, 1.54) is 30.4 Å². The molecule has 0 unspecified atom stereocenters. The Hall–Kier alpha value is -5.38. The summed E-state index contributed by atoms with van der Waals surface area (Å²) in [5.74, 6) is 0. The summed E-state index contributed by atoms with van der Waals surface area (Å²) in [5, 5.41) is 0. The monoisotopic (exact) mass is 598 g/mol. The van der Waals surface area contributed by atoms with Crippen molar-refractivity contribution in [2.24, 2.45) is 0 Å². The Labute approximate surface area is 246 Å². The van der Waals surface area contributed by atoms with E-state index in [2.05, 4.69) is 19.9 Å². The molecular weight excluding hydrogens is 578 g/mol. The van der Waals surface area contributed by atoms with Crippen molar-refractivity contribution in [2.75, 3.05) is 0 Å². The normalized spacial score (nSPS) is 13.0. The molecular formula is C34H20F6N4. The first-order chi connectivity index (χ1) is 21.1. The maximum atomic E-state index is 14.7. The molecule has 0 saturated heterocycles. The van der Waals surface area contributed by atoms with Gasteiger partial charge >= 0.3 is 12.4 Å². The van der Waals surface area contributed by atoms with Crippen molar-refractivity contribution in [1.29, 1.82) is 0 Å². The Kier molecular flexibility index (Phi) is 6.31. The Bertz CT molecular complexity index is 2130. The lowest BCUT2D eigenvalue weighted by Gasteiger charge is -2.09. The minimum Gasteiger partial charge on any atom is -0.355 e. The van der Waals surface area contributed by atoms with E-state index >= 15 is 0 Å². The minimum absolute atomic E-state index is 0.0529. The predicted octanol–water partition coefficient (Wildman–Crippen LogP) is 10.0. The molecule has 0 radical (unpaired) electrons. The van der Waals surface area contributed by atoms with Gasteiger partial charge in [-0.05, 0) is 59.7 Å². The van der Waals surface area contributed by atoms with Gasteiger partial charge in [0.25, 0.3) is 0 Å². The average molecular weight is 599 g/mol. The van der Waals surface area contributed by atoms with Crippen LogP contribution in [0.3, 0.4) is 0 Å². The Balaban J connectivity index is 1.70. The van der Waals surface area contributed by atoms with E-state index in [9.17, 15) is 26.3 Å². The number of aromatic amines is 2. The highest BCUT2D eigenvalue weighted by molar-refractivity contribution is 5.94. The zero-order valence-corrected chi connectivity index (χ0v) is 22.6. The number of benzene rings is 2. The summed E-state index contributed by atoms with van der Waals surface area (Å²) < 4.78 is 87.1. The van der Waals surface area contributed by atoms with Crippen LogP contribution in [0.25, 0.3) is 68.6 Å². The van der Waals surface area contributed by atoms with Gasteiger partial charge in [0.05, 0.1) is 33.9 Å². The molecule has 10 heteroatoms. The molecule has 7 rings (SSSR count). The molecule has 0 fully saturated rings. The van der Waals surface area contributed by atoms with E-state index in [1.54, 1.807) is 72.8 Å². The largest absolute Gasteiger partial charge is 0.420 e. The maximum absolute atomic E-state index is 14.7. The van der Waals surface area contributed by atoms with Gasteiger partial charge in [0.15, 0.2) is 0 Å². The van der Waals surface area contributed by atoms with Crippen LogP contribution in [-0.4, -0.2) is 19.9 Å². The molecule has 2 aromatic carbocycles. The molecule has 0 saturated carbocycles. The Morgan fingerprint density at radius 1 is 0.477 bits per heavy atom. The van der Waals surface area contributed by atoms with Crippen LogP contribution >= 0.6 is 0 Å². The number of fused-ring (bicyclic) bond motifs is 8. The van der Waals surface area contributed by atoms with Crippen molar-refractivity contribution in [3.05, 3.63) is 119 Å². The van der Waals surface area contributed by atoms with Crippen molar-refractivity contribution < 1.29 is 26.3 Å². The van der Waals surface area contributed by atoms with E-state index in [0.717, 1.165) is 6.07 Å². The quantitative estimate of drug-likeness (QED) is 0.195. The number of hydrogen-bond donors (Lipinski definition) is 2. The van der Waals surface area contributed by atoms with Crippen LogP contribution < -0.4 is 0 Å². The van der Waals surface area contributed by atoms with E-state index in [0.29, 0.717) is 27.7 Å². The molecule has 0 aliphatic carbocycles. The highest BCUT2D eigenvalue weighted by atomic mass is 19.4. The lowest BCUT2D eigenvalue weighted by Crippen LogP contribution is -2.10. The van der Waals surface area contributed by atoms with Crippen LogP contribution in [0.4, 0.5) is 26.3 Å². The standard InChI is InChI=1S/C34H20F6N4/c35-33(36,37)22-18-29-31(20-9-5-2-6-10-20)25-14-16-27(43-25)32(34(38,39)40)26-15-13-24(42-26)30(19-7-3-1-4-8-19)23-12-11-21(41-23)17-28(22)44-29/h1-18,41,44H. The number of hydrogen-bond acceptors (Lipinski definition) is 2. The van der Waals surface area contributed by atoms with Crippen LogP contribution in [0.5, 0.6) is 0 Å². The van der Waals surface area contributed by atoms with E-state index in [4.69, 9.17) is 0 Å². The molecule has 8 bridgehead atoms. The third kappa shape index (κ3) is 4.88. The van der Waals surface area contributed by atoms with Crippen LogP contribution in [-0.2, 0) is 12.4 Å². The third-order valence-electron chi connectivity index (χ3n) is 7.41. The van der Waals surface area contributed by atoms with Gasteiger partial charge in [0.1, 0.15) is 5.56 Å². The van der Waals surface area contributed by atoms with Gasteiger partial charge in [0, 0.05) is 27.7 Å². The number of nitrogens with zero attached hydrogens (tertiary/aromatic N) is 2. The SMILES string of the molecule is FC(F)(F)c1c2nc(c(-c3ccccc3)c3ccc(cc4[nH]c(cc4C(F)(F)F)c(-c4ccccc4)c4nc1C=C4)[nH]3)C=C2. The van der Waals surface area contributed by atoms with E-state index in [-0.39, 0.29) is 33.7 Å². The number of rotatable bonds is 2. The molecule has 5 heterocycles. The van der Waals surface area contributed by atoms with Crippen LogP contribution in [0, 0.1) is 0 Å². The van der Waals surface area contributed by atoms with Crippen LogP contribution in [0.1, 0.15) is 33.9 Å². The van der Waals surface area contributed by atoms with Gasteiger partial charge < -0.3 is 9.97 Å². The number of alkyl halides is 6. The molecule has 4 nitrogen and oxygen atoms in total. The van der Waals surface area contributed by atoms with Crippen LogP contribution in [0.2, 0.25) is 0 Å². The maximum Gasteiger partial charge on any atom is 0.420 e. The highest BCUT2D eigenvalue weighted by Crippen LogP contribution is 2.41. The number of halogens is 6. The molecule has 44 heavy (non-hydrogen) atoms. The van der Waals surface area contributed by atoms with Crippen molar-refractivity contribution >= 4 is 46.4 Å². The first-order valence-electron chi connectivity index (χ1n) is 13.5. The van der Waals surface area contributed by atoms with Crippen molar-refractivity contribution in [1.82, 2.24) is 19.9 Å². The van der Waals surface area contributed by atoms with Gasteiger partial charge in [-0.1, -0.05) is 60.7 Å². The Morgan fingerprint density at radius 3 is 1.52 bits per heavy atom. The molecule has 218 valence electrons. The molecule has 2 aliphatic rings. The highest BCUT2D eigenvalue weighted by Gasteiger charge is 2.38. The first-order valence-corrected chi connectivity index (χ1v) is 13.5. The van der Waals surface area contributed by atoms with Gasteiger partial charge in [-0.25, -0.2) is 9.97 Å². The zero-order chi connectivity index (χ0) is 30.6. The second kappa shape index (κ2) is 10.1. The summed E-state index contributed by atoms with van der Waals surface area (Å²) in [6, 6.07) is 23.0. The summed E-state index contributed by atoms with van der Waals surface area (Å²) in [7, 11) is 0. The minimum atomic E-state index is -4.83. The van der Waals surface area contributed by atoms with Crippen molar-refractivity contribution in [3.63, 3.8) is 0 Å². The smallest absolute Gasteiger partial charge is 0.355 e. The van der Waals surface area contributed by atoms with Crippen molar-refractivity contribution in [3.8, 4) is 22.3 Å². The third-order valence-corrected chi connectivity index (χ3v) is 7.41. The van der Waals surface area contributed by atoms with E-state index in [1.807, 2.05) is 0 Å². The molecule has 0 spiro atoms. The fourth-order valence-electron chi connectivity index (χ4n) is 5.55. The molecule has 3 aromatic heterocycles. The Morgan fingerprint density at radius 2 is 1.00 bits per heavy atom. The number of aromatic nitrogens is 4. The summed E-state index contributed by atoms with van der Waals surface area (Å²) in [4.78, 5) is 14.8.